The number of unbranched alkanes of at least 4 members (excludes halogenated alkanes) is 6. The number of alkyl halides is 1. The number of benzene rings is 1. The van der Waals surface area contributed by atoms with E-state index in [2.05, 4.69) is 67.9 Å². The Morgan fingerprint density at radius 3 is 1.90 bits per heavy atom. The Morgan fingerprint density at radius 2 is 1.38 bits per heavy atom. The fraction of sp³-hybridized carbons (Fsp3) is 0.700. The maximum absolute atomic E-state index is 3.86. The van der Waals surface area contributed by atoms with Crippen molar-refractivity contribution in [2.75, 3.05) is 0 Å². The average molecular weight is 353 g/mol. The molecule has 0 amide bonds. The van der Waals surface area contributed by atoms with Crippen LogP contribution in [0.4, 0.5) is 0 Å². The summed E-state index contributed by atoms with van der Waals surface area (Å²) in [7, 11) is 0. The summed E-state index contributed by atoms with van der Waals surface area (Å²) in [4.78, 5) is 0.516. The van der Waals surface area contributed by atoms with Crippen molar-refractivity contribution in [2.45, 2.75) is 89.3 Å². The first-order chi connectivity index (χ1) is 9.95. The minimum Gasteiger partial charge on any atom is -0.0839 e. The van der Waals surface area contributed by atoms with Crippen LogP contribution in [-0.4, -0.2) is 0 Å². The van der Waals surface area contributed by atoms with Gasteiger partial charge in [-0.05, 0) is 23.0 Å². The van der Waals surface area contributed by atoms with Gasteiger partial charge in [-0.2, -0.15) is 0 Å². The zero-order chi connectivity index (χ0) is 15.7. The molecule has 0 aliphatic rings. The van der Waals surface area contributed by atoms with E-state index in [4.69, 9.17) is 0 Å². The molecule has 0 aliphatic heterocycles. The minimum atomic E-state index is 0.249. The zero-order valence-corrected chi connectivity index (χ0v) is 16.0. The molecule has 1 rings (SSSR count). The van der Waals surface area contributed by atoms with Crippen molar-refractivity contribution in [3.05, 3.63) is 35.4 Å². The zero-order valence-electron chi connectivity index (χ0n) is 14.4. The maximum Gasteiger partial charge on any atom is 0.0395 e. The lowest BCUT2D eigenvalue weighted by atomic mass is 9.86. The molecule has 0 bridgehead atoms. The quantitative estimate of drug-likeness (QED) is 0.317. The van der Waals surface area contributed by atoms with Crippen molar-refractivity contribution < 1.29 is 0 Å². The monoisotopic (exact) mass is 352 g/mol. The molecule has 1 aromatic rings. The van der Waals surface area contributed by atoms with E-state index in [0.29, 0.717) is 4.83 Å². The van der Waals surface area contributed by atoms with Crippen LogP contribution in [0.1, 0.15) is 95.0 Å². The first kappa shape index (κ1) is 18.7. The Bertz CT molecular complexity index is 372. The van der Waals surface area contributed by atoms with Crippen LogP contribution in [0.3, 0.4) is 0 Å². The lowest BCUT2D eigenvalue weighted by Gasteiger charge is -2.20. The Morgan fingerprint density at radius 1 is 0.857 bits per heavy atom. The predicted octanol–water partition coefficient (Wildman–Crippen LogP) is 7.56. The smallest absolute Gasteiger partial charge is 0.0395 e. The van der Waals surface area contributed by atoms with Gasteiger partial charge in [0.05, 0.1) is 0 Å². The molecule has 1 heteroatoms. The largest absolute Gasteiger partial charge is 0.0839 e. The Labute approximate surface area is 140 Å². The molecule has 0 saturated heterocycles. The number of hydrogen-bond acceptors (Lipinski definition) is 0. The number of halogens is 1. The second-order valence-electron chi connectivity index (χ2n) is 7.25. The first-order valence-electron chi connectivity index (χ1n) is 8.69. The second-order valence-corrected chi connectivity index (χ2v) is 8.35. The van der Waals surface area contributed by atoms with Gasteiger partial charge in [-0.15, -0.1) is 0 Å². The van der Waals surface area contributed by atoms with Gasteiger partial charge in [-0.1, -0.05) is 113 Å². The van der Waals surface area contributed by atoms with Crippen molar-refractivity contribution in [1.82, 2.24) is 0 Å². The molecule has 0 radical (unpaired) electrons. The summed E-state index contributed by atoms with van der Waals surface area (Å²) < 4.78 is 0. The standard InChI is InChI=1S/C20H33Br/c1-5-6-7-8-9-10-11-12-19(21)17-13-15-18(16-14-17)20(2,3)4/h13-16,19H,5-12H2,1-4H3. The SMILES string of the molecule is CCCCCCCCCC(Br)c1ccc(C(C)(C)C)cc1. The molecule has 0 N–H and O–H groups in total. The normalized spacial score (nSPS) is 13.4. The van der Waals surface area contributed by atoms with E-state index in [1.165, 1.54) is 62.5 Å². The molecule has 0 heterocycles. The Kier molecular flexibility index (Phi) is 8.63. The van der Waals surface area contributed by atoms with Gasteiger partial charge in [0.15, 0.2) is 0 Å². The molecule has 0 nitrogen and oxygen atoms in total. The van der Waals surface area contributed by atoms with Crippen molar-refractivity contribution in [2.24, 2.45) is 0 Å². The summed E-state index contributed by atoms with van der Waals surface area (Å²) in [6, 6.07) is 9.16. The van der Waals surface area contributed by atoms with Crippen LogP contribution in [-0.2, 0) is 5.41 Å². The Hall–Kier alpha value is -0.300. The second kappa shape index (κ2) is 9.66. The van der Waals surface area contributed by atoms with Crippen molar-refractivity contribution in [3.8, 4) is 0 Å². The van der Waals surface area contributed by atoms with E-state index in [-0.39, 0.29) is 5.41 Å². The molecular formula is C20H33Br. The van der Waals surface area contributed by atoms with Gasteiger partial charge in [0.25, 0.3) is 0 Å². The van der Waals surface area contributed by atoms with Crippen molar-refractivity contribution in [3.63, 3.8) is 0 Å². The molecule has 1 atom stereocenters. The fourth-order valence-corrected chi connectivity index (χ4v) is 3.27. The third-order valence-corrected chi connectivity index (χ3v) is 5.19. The summed E-state index contributed by atoms with van der Waals surface area (Å²) in [6.07, 6.45) is 11.0. The molecular weight excluding hydrogens is 320 g/mol. The van der Waals surface area contributed by atoms with Gasteiger partial charge >= 0.3 is 0 Å². The highest BCUT2D eigenvalue weighted by Crippen LogP contribution is 2.31. The van der Waals surface area contributed by atoms with Crippen molar-refractivity contribution >= 4 is 15.9 Å². The fourth-order valence-electron chi connectivity index (χ4n) is 2.64. The van der Waals surface area contributed by atoms with Gasteiger partial charge in [-0.3, -0.25) is 0 Å². The van der Waals surface area contributed by atoms with Crippen LogP contribution in [0.25, 0.3) is 0 Å². The summed E-state index contributed by atoms with van der Waals surface area (Å²) in [5, 5.41) is 0. The summed E-state index contributed by atoms with van der Waals surface area (Å²) in [5.74, 6) is 0. The van der Waals surface area contributed by atoms with E-state index >= 15 is 0 Å². The highest BCUT2D eigenvalue weighted by molar-refractivity contribution is 9.09. The topological polar surface area (TPSA) is 0 Å². The minimum absolute atomic E-state index is 0.249. The van der Waals surface area contributed by atoms with E-state index in [1.54, 1.807) is 0 Å². The van der Waals surface area contributed by atoms with Gasteiger partial charge in [0, 0.05) is 4.83 Å². The van der Waals surface area contributed by atoms with Crippen LogP contribution in [0.2, 0.25) is 0 Å². The summed E-state index contributed by atoms with van der Waals surface area (Å²) >= 11 is 3.86. The average Bonchev–Trinajstić information content (AvgIpc) is 2.45. The van der Waals surface area contributed by atoms with Gasteiger partial charge < -0.3 is 0 Å². The molecule has 0 aromatic heterocycles. The molecule has 1 unspecified atom stereocenters. The molecule has 1 aromatic carbocycles. The van der Waals surface area contributed by atoms with E-state index in [0.717, 1.165) is 0 Å². The van der Waals surface area contributed by atoms with E-state index in [1.807, 2.05) is 0 Å². The third-order valence-electron chi connectivity index (χ3n) is 4.20. The van der Waals surface area contributed by atoms with Crippen LogP contribution in [0.5, 0.6) is 0 Å². The Balaban J connectivity index is 2.27. The van der Waals surface area contributed by atoms with Gasteiger partial charge in [0.1, 0.15) is 0 Å². The van der Waals surface area contributed by atoms with Crippen LogP contribution in [0.15, 0.2) is 24.3 Å². The molecule has 0 aliphatic carbocycles. The number of hydrogen-bond donors (Lipinski definition) is 0. The van der Waals surface area contributed by atoms with Gasteiger partial charge in [-0.25, -0.2) is 0 Å². The highest BCUT2D eigenvalue weighted by atomic mass is 79.9. The van der Waals surface area contributed by atoms with Crippen LogP contribution < -0.4 is 0 Å². The highest BCUT2D eigenvalue weighted by Gasteiger charge is 2.14. The maximum atomic E-state index is 3.86. The van der Waals surface area contributed by atoms with Gasteiger partial charge in [0.2, 0.25) is 0 Å². The molecule has 0 fully saturated rings. The lowest BCUT2D eigenvalue weighted by Crippen LogP contribution is -2.10. The predicted molar refractivity (Wildman–Crippen MR) is 99.4 cm³/mol. The van der Waals surface area contributed by atoms with Crippen LogP contribution >= 0.6 is 15.9 Å². The van der Waals surface area contributed by atoms with Crippen molar-refractivity contribution in [1.29, 1.82) is 0 Å². The van der Waals surface area contributed by atoms with Crippen LogP contribution in [0, 0.1) is 0 Å². The molecule has 0 spiro atoms. The van der Waals surface area contributed by atoms with E-state index in [9.17, 15) is 0 Å². The molecule has 0 saturated carbocycles. The molecule has 21 heavy (non-hydrogen) atoms. The third kappa shape index (κ3) is 7.49. The van der Waals surface area contributed by atoms with E-state index < -0.39 is 0 Å². The summed E-state index contributed by atoms with van der Waals surface area (Å²) in [5.41, 5.74) is 3.09. The number of rotatable bonds is 9. The summed E-state index contributed by atoms with van der Waals surface area (Å²) in [6.45, 7) is 9.09. The first-order valence-corrected chi connectivity index (χ1v) is 9.61. The lowest BCUT2D eigenvalue weighted by molar-refractivity contribution is 0.574. The molecule has 120 valence electrons.